The number of terminal acetylenes is 1. The molecule has 0 N–H and O–H groups in total. The molecular formula is C26H25NO4. The van der Waals surface area contributed by atoms with Gasteiger partial charge in [-0.25, -0.2) is 0 Å². The minimum absolute atomic E-state index is 0.162. The van der Waals surface area contributed by atoms with Gasteiger partial charge < -0.3 is 9.47 Å². The van der Waals surface area contributed by atoms with Crippen LogP contribution in [0.5, 0.6) is 5.75 Å². The second-order valence-corrected chi connectivity index (χ2v) is 8.74. The van der Waals surface area contributed by atoms with E-state index in [1.165, 1.54) is 24.2 Å². The van der Waals surface area contributed by atoms with Crippen LogP contribution in [0.2, 0.25) is 0 Å². The van der Waals surface area contributed by atoms with Crippen molar-refractivity contribution in [2.45, 2.75) is 55.8 Å². The van der Waals surface area contributed by atoms with E-state index in [2.05, 4.69) is 5.92 Å². The number of nitrogens with zero attached hydrogens (tertiary/aromatic N) is 1. The molecule has 2 saturated heterocycles. The van der Waals surface area contributed by atoms with Gasteiger partial charge in [0.05, 0.1) is 35.9 Å². The summed E-state index contributed by atoms with van der Waals surface area (Å²) < 4.78 is 10.4. The molecule has 0 aromatic heterocycles. The van der Waals surface area contributed by atoms with Crippen molar-refractivity contribution in [3.63, 3.8) is 0 Å². The topological polar surface area (TPSA) is 55.8 Å². The molecule has 5 nitrogen and oxygen atoms in total. The van der Waals surface area contributed by atoms with E-state index in [1.54, 1.807) is 31.4 Å². The van der Waals surface area contributed by atoms with Crippen molar-refractivity contribution in [1.82, 2.24) is 4.90 Å². The molecule has 31 heavy (non-hydrogen) atoms. The van der Waals surface area contributed by atoms with Crippen LogP contribution >= 0.6 is 0 Å². The van der Waals surface area contributed by atoms with Gasteiger partial charge >= 0.3 is 0 Å². The first-order valence-corrected chi connectivity index (χ1v) is 10.8. The molecule has 2 aliphatic carbocycles. The Hall–Kier alpha value is -3.10. The van der Waals surface area contributed by atoms with Gasteiger partial charge in [0.1, 0.15) is 5.75 Å². The summed E-state index contributed by atoms with van der Waals surface area (Å²) in [6, 6.07) is 14.5. The average molecular weight is 415 g/mol. The van der Waals surface area contributed by atoms with Crippen LogP contribution in [-0.4, -0.2) is 42.1 Å². The summed E-state index contributed by atoms with van der Waals surface area (Å²) in [6.07, 6.45) is 12.4. The molecule has 2 unspecified atom stereocenters. The number of benzene rings is 2. The molecule has 2 amide bonds. The molecule has 3 aliphatic heterocycles. The van der Waals surface area contributed by atoms with Gasteiger partial charge in [-0.1, -0.05) is 30.2 Å². The minimum Gasteiger partial charge on any atom is -0.497 e. The second-order valence-electron chi connectivity index (χ2n) is 8.74. The third kappa shape index (κ3) is 3.23. The van der Waals surface area contributed by atoms with Crippen molar-refractivity contribution in [3.05, 3.63) is 65.2 Å². The van der Waals surface area contributed by atoms with Gasteiger partial charge in [-0.15, -0.1) is 6.42 Å². The predicted molar refractivity (Wildman–Crippen MR) is 116 cm³/mol. The highest BCUT2D eigenvalue weighted by Crippen LogP contribution is 2.47. The maximum atomic E-state index is 12.6. The van der Waals surface area contributed by atoms with E-state index in [-0.39, 0.29) is 17.9 Å². The van der Waals surface area contributed by atoms with Crippen LogP contribution in [0.4, 0.5) is 0 Å². The van der Waals surface area contributed by atoms with Crippen molar-refractivity contribution in [3.8, 4) is 18.1 Å². The van der Waals surface area contributed by atoms with E-state index in [1.807, 2.05) is 24.3 Å². The van der Waals surface area contributed by atoms with Crippen molar-refractivity contribution in [2.24, 2.45) is 0 Å². The molecule has 2 aromatic carbocycles. The summed E-state index contributed by atoms with van der Waals surface area (Å²) in [6.45, 7) is 0. The monoisotopic (exact) mass is 415 g/mol. The minimum atomic E-state index is -0.438. The van der Waals surface area contributed by atoms with Crippen molar-refractivity contribution in [1.29, 1.82) is 0 Å². The van der Waals surface area contributed by atoms with E-state index >= 15 is 0 Å². The molecule has 3 heterocycles. The molecule has 2 saturated carbocycles. The van der Waals surface area contributed by atoms with E-state index in [9.17, 15) is 9.59 Å². The highest BCUT2D eigenvalue weighted by Gasteiger charge is 2.52. The molecule has 5 heteroatoms. The number of hydrogen-bond donors (Lipinski definition) is 0. The first-order chi connectivity index (χ1) is 15.0. The molecular weight excluding hydrogens is 390 g/mol. The number of imide groups is 1. The fraction of sp³-hybridized carbons (Fsp3) is 0.385. The average Bonchev–Trinajstić information content (AvgIpc) is 3.47. The van der Waals surface area contributed by atoms with E-state index in [0.717, 1.165) is 11.3 Å². The highest BCUT2D eigenvalue weighted by molar-refractivity contribution is 6.21. The molecule has 2 bridgehead atoms. The van der Waals surface area contributed by atoms with Crippen LogP contribution in [0.25, 0.3) is 0 Å². The van der Waals surface area contributed by atoms with Gasteiger partial charge in [-0.3, -0.25) is 14.5 Å². The molecule has 158 valence electrons. The second kappa shape index (κ2) is 7.55. The van der Waals surface area contributed by atoms with E-state index in [0.29, 0.717) is 36.2 Å². The lowest BCUT2D eigenvalue weighted by molar-refractivity contribution is -0.0647. The fourth-order valence-electron chi connectivity index (χ4n) is 5.11. The van der Waals surface area contributed by atoms with Crippen LogP contribution in [0, 0.1) is 12.3 Å². The third-order valence-corrected chi connectivity index (χ3v) is 7.00. The number of amides is 2. The molecule has 2 atom stereocenters. The number of fused-ring (bicyclic) bond motifs is 2. The lowest BCUT2D eigenvalue weighted by Crippen LogP contribution is -2.54. The SMILES string of the molecule is C#CC1(c2ccc(OC)cc2)CC(N2C(=O)c3ccccc3C2=O)C1.C1CC2CC1O2. The number of hydrogen-bond acceptors (Lipinski definition) is 4. The van der Waals surface area contributed by atoms with Crippen molar-refractivity contribution >= 4 is 11.8 Å². The van der Waals surface area contributed by atoms with Crippen LogP contribution in [-0.2, 0) is 10.2 Å². The first-order valence-electron chi connectivity index (χ1n) is 10.8. The van der Waals surface area contributed by atoms with Crippen LogP contribution < -0.4 is 4.74 Å². The molecule has 0 radical (unpaired) electrons. The smallest absolute Gasteiger partial charge is 0.261 e. The number of carbonyl (C=O) groups excluding carboxylic acids is 2. The van der Waals surface area contributed by atoms with Crippen LogP contribution in [0.15, 0.2) is 48.5 Å². The lowest BCUT2D eigenvalue weighted by atomic mass is 9.61. The summed E-state index contributed by atoms with van der Waals surface area (Å²) in [5.41, 5.74) is 1.54. The normalized spacial score (nSPS) is 29.8. The fourth-order valence-corrected chi connectivity index (χ4v) is 5.11. The van der Waals surface area contributed by atoms with E-state index in [4.69, 9.17) is 15.9 Å². The predicted octanol–water partition coefficient (Wildman–Crippen LogP) is 3.96. The zero-order chi connectivity index (χ0) is 21.6. The largest absolute Gasteiger partial charge is 0.497 e. The van der Waals surface area contributed by atoms with Crippen LogP contribution in [0.3, 0.4) is 0 Å². The summed E-state index contributed by atoms with van der Waals surface area (Å²) in [5.74, 6) is 3.22. The summed E-state index contributed by atoms with van der Waals surface area (Å²) in [7, 11) is 1.62. The molecule has 4 fully saturated rings. The van der Waals surface area contributed by atoms with Crippen molar-refractivity contribution < 1.29 is 19.1 Å². The summed E-state index contributed by atoms with van der Waals surface area (Å²) in [5, 5.41) is 0. The lowest BCUT2D eigenvalue weighted by Gasteiger charge is -2.47. The maximum Gasteiger partial charge on any atom is 0.261 e. The molecule has 7 rings (SSSR count). The highest BCUT2D eigenvalue weighted by atomic mass is 16.5. The third-order valence-electron chi connectivity index (χ3n) is 7.00. The Kier molecular flexibility index (Phi) is 4.83. The molecule has 2 aromatic rings. The van der Waals surface area contributed by atoms with Crippen molar-refractivity contribution in [2.75, 3.05) is 7.11 Å². The molecule has 0 spiro atoms. The molecule has 5 aliphatic rings. The standard InChI is InChI=1S/C21H17NO3.C5H8O/c1-3-21(14-8-10-16(25-2)11-9-14)12-15(13-21)22-19(23)17-6-4-5-7-18(17)20(22)24;1-2-5-3-4(1)6-5/h1,4-11,15H,12-13H2,2H3;4-5H,1-3H2. The number of methoxy groups -OCH3 is 1. The van der Waals surface area contributed by atoms with E-state index < -0.39 is 5.41 Å². The zero-order valence-electron chi connectivity index (χ0n) is 17.5. The Morgan fingerprint density at radius 3 is 1.97 bits per heavy atom. The van der Waals surface area contributed by atoms with Gasteiger partial charge in [0.2, 0.25) is 0 Å². The Bertz CT molecular complexity index is 1010. The van der Waals surface area contributed by atoms with Gasteiger partial charge in [-0.05, 0) is 61.9 Å². The summed E-state index contributed by atoms with van der Waals surface area (Å²) in [4.78, 5) is 26.6. The van der Waals surface area contributed by atoms with Gasteiger partial charge in [-0.2, -0.15) is 0 Å². The Labute approximate surface area is 182 Å². The van der Waals surface area contributed by atoms with Crippen LogP contribution in [0.1, 0.15) is 58.4 Å². The number of carbonyl (C=O) groups is 2. The van der Waals surface area contributed by atoms with Gasteiger partial charge in [0, 0.05) is 6.04 Å². The quantitative estimate of drug-likeness (QED) is 0.562. The number of rotatable bonds is 3. The summed E-state index contributed by atoms with van der Waals surface area (Å²) >= 11 is 0. The number of ether oxygens (including phenoxy) is 2. The van der Waals surface area contributed by atoms with Gasteiger partial charge in [0.15, 0.2) is 0 Å². The Morgan fingerprint density at radius 2 is 1.55 bits per heavy atom. The zero-order valence-corrected chi connectivity index (χ0v) is 17.5. The maximum absolute atomic E-state index is 12.6. The first kappa shape index (κ1) is 19.8. The van der Waals surface area contributed by atoms with Gasteiger partial charge in [0.25, 0.3) is 11.8 Å². The Morgan fingerprint density at radius 1 is 1.00 bits per heavy atom. The Balaban J connectivity index is 0.000000289.